The Morgan fingerprint density at radius 3 is 1.83 bits per heavy atom. The summed E-state index contributed by atoms with van der Waals surface area (Å²) in [5.74, 6) is 1.72. The van der Waals surface area contributed by atoms with Crippen LogP contribution in [0.2, 0.25) is 0 Å². The molecular formula is C3H2B2O. The Hall–Kier alpha value is -0.350. The minimum Gasteiger partial charge on any atom is -0.397 e. The van der Waals surface area contributed by atoms with Gasteiger partial charge in [-0.05, 0) is 0 Å². The van der Waals surface area contributed by atoms with Crippen molar-refractivity contribution in [1.82, 2.24) is 0 Å². The highest BCUT2D eigenvalue weighted by Crippen LogP contribution is 1.81. The first-order valence-corrected chi connectivity index (χ1v) is 1.34. The number of aliphatic hydroxyl groups is 1. The third-order valence-corrected chi connectivity index (χ3v) is 0.231. The maximum atomic E-state index is 8.15. The first-order valence-electron chi connectivity index (χ1n) is 1.34. The highest BCUT2D eigenvalue weighted by molar-refractivity contribution is 6.41. The molecule has 0 spiro atoms. The van der Waals surface area contributed by atoms with E-state index in [4.69, 9.17) is 5.11 Å². The van der Waals surface area contributed by atoms with Gasteiger partial charge in [-0.3, -0.25) is 0 Å². The summed E-state index contributed by atoms with van der Waals surface area (Å²) < 4.78 is 0. The molecule has 0 aromatic carbocycles. The molecule has 0 aromatic heterocycles. The van der Waals surface area contributed by atoms with Crippen LogP contribution < -0.4 is 0 Å². The maximum Gasteiger partial charge on any atom is 0.117 e. The summed E-state index contributed by atoms with van der Waals surface area (Å²) in [5, 5.41) is 6.22. The molecule has 0 unspecified atom stereocenters. The van der Waals surface area contributed by atoms with Crippen LogP contribution >= 0.6 is 0 Å². The highest BCUT2D eigenvalue weighted by Gasteiger charge is 2.02. The van der Waals surface area contributed by atoms with Crippen molar-refractivity contribution in [3.63, 3.8) is 0 Å². The minimum atomic E-state index is -1.93. The molecule has 4 radical (unpaired) electrons. The lowest BCUT2D eigenvalue weighted by Gasteiger charge is -2.05. The standard InChI is InChI=1S/C3H2B2O/c1-2-3(4,5)6/h1,6H. The predicted molar refractivity (Wildman–Crippen MR) is 25.3 cm³/mol. The van der Waals surface area contributed by atoms with E-state index in [9.17, 15) is 0 Å². The van der Waals surface area contributed by atoms with Gasteiger partial charge in [0.05, 0.1) is 0 Å². The number of terminal acetylenes is 1. The van der Waals surface area contributed by atoms with Crippen LogP contribution in [0.25, 0.3) is 0 Å². The van der Waals surface area contributed by atoms with E-state index in [-0.39, 0.29) is 0 Å². The molecule has 0 heterocycles. The van der Waals surface area contributed by atoms with E-state index in [2.05, 4.69) is 22.1 Å². The molecule has 0 atom stereocenters. The number of hydrogen-bond acceptors (Lipinski definition) is 1. The van der Waals surface area contributed by atoms with E-state index < -0.39 is 5.40 Å². The van der Waals surface area contributed by atoms with Crippen LogP contribution in [0.1, 0.15) is 0 Å². The molecule has 0 saturated carbocycles. The number of hydrogen-bond donors (Lipinski definition) is 1. The van der Waals surface area contributed by atoms with Crippen LogP contribution in [0.5, 0.6) is 0 Å². The predicted octanol–water partition coefficient (Wildman–Crippen LogP) is -1.40. The van der Waals surface area contributed by atoms with Crippen LogP contribution in [-0.2, 0) is 0 Å². The highest BCUT2D eigenvalue weighted by atomic mass is 16.3. The molecule has 6 heavy (non-hydrogen) atoms. The summed E-state index contributed by atoms with van der Waals surface area (Å²) in [6.45, 7) is 0. The van der Waals surface area contributed by atoms with Crippen molar-refractivity contribution < 1.29 is 5.11 Å². The van der Waals surface area contributed by atoms with Crippen LogP contribution in [0.4, 0.5) is 0 Å². The fourth-order valence-corrected chi connectivity index (χ4v) is 0. The molecule has 0 aliphatic rings. The van der Waals surface area contributed by atoms with Gasteiger partial charge in [0.15, 0.2) is 0 Å². The second kappa shape index (κ2) is 1.40. The van der Waals surface area contributed by atoms with Gasteiger partial charge in [-0.15, -0.1) is 6.42 Å². The lowest BCUT2D eigenvalue weighted by Crippen LogP contribution is -2.25. The lowest BCUT2D eigenvalue weighted by atomic mass is 9.66. The van der Waals surface area contributed by atoms with Crippen molar-refractivity contribution in [2.45, 2.75) is 5.40 Å². The van der Waals surface area contributed by atoms with E-state index in [1.54, 1.807) is 5.92 Å². The van der Waals surface area contributed by atoms with Gasteiger partial charge in [0.2, 0.25) is 0 Å². The first kappa shape index (κ1) is 5.65. The third kappa shape index (κ3) is 3.65. The third-order valence-electron chi connectivity index (χ3n) is 0.231. The van der Waals surface area contributed by atoms with Gasteiger partial charge < -0.3 is 5.11 Å². The monoisotopic (exact) mass is 76.0 g/mol. The molecule has 0 fully saturated rings. The lowest BCUT2D eigenvalue weighted by molar-refractivity contribution is 0.272. The topological polar surface area (TPSA) is 20.2 Å². The zero-order valence-corrected chi connectivity index (χ0v) is 3.18. The number of rotatable bonds is 0. The Bertz CT molecular complexity index is 75.8. The summed E-state index contributed by atoms with van der Waals surface area (Å²) in [5.41, 5.74) is 0. The zero-order chi connectivity index (χ0) is 5.21. The minimum absolute atomic E-state index is 1.72. The second-order valence-corrected chi connectivity index (χ2v) is 0.970. The molecule has 0 aliphatic heterocycles. The average Bonchev–Trinajstić information content (AvgIpc) is 1.35. The van der Waals surface area contributed by atoms with E-state index in [1.807, 2.05) is 0 Å². The normalized spacial score (nSPS) is 10.0. The van der Waals surface area contributed by atoms with Gasteiger partial charge in [-0.2, -0.15) is 0 Å². The van der Waals surface area contributed by atoms with Gasteiger partial charge >= 0.3 is 0 Å². The van der Waals surface area contributed by atoms with Crippen molar-refractivity contribution >= 4 is 15.7 Å². The van der Waals surface area contributed by atoms with Gasteiger partial charge in [0, 0.05) is 5.40 Å². The van der Waals surface area contributed by atoms with Gasteiger partial charge in [-0.1, -0.05) is 5.92 Å². The Kier molecular flexibility index (Phi) is 1.32. The second-order valence-electron chi connectivity index (χ2n) is 0.970. The van der Waals surface area contributed by atoms with Gasteiger partial charge in [-0.25, -0.2) is 0 Å². The molecule has 1 N–H and O–H groups in total. The smallest absolute Gasteiger partial charge is 0.117 e. The van der Waals surface area contributed by atoms with Crippen molar-refractivity contribution in [2.75, 3.05) is 0 Å². The Labute approximate surface area is 39.6 Å². The van der Waals surface area contributed by atoms with Crippen molar-refractivity contribution in [1.29, 1.82) is 0 Å². The quantitative estimate of drug-likeness (QED) is 0.278. The summed E-state index contributed by atoms with van der Waals surface area (Å²) in [6, 6.07) is 0. The van der Waals surface area contributed by atoms with Crippen LogP contribution in [0.15, 0.2) is 0 Å². The Balaban J connectivity index is 3.55. The molecule has 0 aromatic rings. The van der Waals surface area contributed by atoms with Crippen LogP contribution in [-0.4, -0.2) is 26.2 Å². The molecule has 0 rings (SSSR count). The van der Waals surface area contributed by atoms with E-state index >= 15 is 0 Å². The van der Waals surface area contributed by atoms with Gasteiger partial charge in [0.1, 0.15) is 15.7 Å². The molecule has 0 saturated heterocycles. The summed E-state index contributed by atoms with van der Waals surface area (Å²) in [6.07, 6.45) is 4.56. The molecule has 0 aliphatic carbocycles. The van der Waals surface area contributed by atoms with Gasteiger partial charge in [0.25, 0.3) is 0 Å². The zero-order valence-electron chi connectivity index (χ0n) is 3.18. The van der Waals surface area contributed by atoms with E-state index in [1.165, 1.54) is 0 Å². The van der Waals surface area contributed by atoms with E-state index in [0.29, 0.717) is 0 Å². The molecule has 1 nitrogen and oxygen atoms in total. The molecule has 26 valence electrons. The average molecular weight is 75.7 g/mol. The Morgan fingerprint density at radius 2 is 1.83 bits per heavy atom. The summed E-state index contributed by atoms with van der Waals surface area (Å²) >= 11 is 0. The summed E-state index contributed by atoms with van der Waals surface area (Å²) in [4.78, 5) is 0. The first-order chi connectivity index (χ1) is 2.56. The largest absolute Gasteiger partial charge is 0.397 e. The van der Waals surface area contributed by atoms with Crippen LogP contribution in [0, 0.1) is 12.3 Å². The fourth-order valence-electron chi connectivity index (χ4n) is 0. The van der Waals surface area contributed by atoms with Crippen LogP contribution in [0.3, 0.4) is 0 Å². The van der Waals surface area contributed by atoms with E-state index in [0.717, 1.165) is 0 Å². The van der Waals surface area contributed by atoms with Crippen molar-refractivity contribution in [2.24, 2.45) is 0 Å². The van der Waals surface area contributed by atoms with Crippen molar-refractivity contribution in [3.8, 4) is 12.3 Å². The maximum absolute atomic E-state index is 8.15. The fraction of sp³-hybridized carbons (Fsp3) is 0.333. The molecule has 0 bridgehead atoms. The molecule has 3 heteroatoms. The molecular weight excluding hydrogens is 73.7 g/mol. The SMILES string of the molecule is [B]C([B])(O)C#C. The Morgan fingerprint density at radius 1 is 1.67 bits per heavy atom. The summed E-state index contributed by atoms with van der Waals surface area (Å²) in [7, 11) is 9.26. The van der Waals surface area contributed by atoms with Crippen molar-refractivity contribution in [3.05, 3.63) is 0 Å². The molecule has 0 amide bonds.